The summed E-state index contributed by atoms with van der Waals surface area (Å²) in [7, 11) is 0. The van der Waals surface area contributed by atoms with Gasteiger partial charge in [-0.15, -0.1) is 0 Å². The Labute approximate surface area is 88.2 Å². The van der Waals surface area contributed by atoms with Crippen LogP contribution in [0.1, 0.15) is 17.3 Å². The van der Waals surface area contributed by atoms with Crippen LogP contribution in [-0.4, -0.2) is 25.8 Å². The maximum atomic E-state index is 11.8. The molecule has 0 fully saturated rings. The van der Waals surface area contributed by atoms with Crippen molar-refractivity contribution in [2.45, 2.75) is 13.2 Å². The number of hydrogen-bond donors (Lipinski definition) is 1. The lowest BCUT2D eigenvalue weighted by molar-refractivity contribution is 0.0737. The minimum atomic E-state index is -0.490. The molecule has 1 rings (SSSR count). The zero-order valence-corrected chi connectivity index (χ0v) is 8.57. The number of alkyl halides is 1. The number of hydrogen-bond acceptors (Lipinski definition) is 3. The van der Waals surface area contributed by atoms with Crippen LogP contribution in [-0.2, 0) is 4.74 Å². The van der Waals surface area contributed by atoms with Gasteiger partial charge in [-0.3, -0.25) is 4.79 Å². The molecule has 0 saturated carbocycles. The Hall–Kier alpha value is -1.42. The van der Waals surface area contributed by atoms with Gasteiger partial charge in [0.15, 0.2) is 0 Å². The van der Waals surface area contributed by atoms with Crippen LogP contribution >= 0.6 is 0 Å². The van der Waals surface area contributed by atoms with Crippen molar-refractivity contribution < 1.29 is 13.9 Å². The summed E-state index contributed by atoms with van der Waals surface area (Å²) in [5.74, 6) is 0. The molecule has 0 aliphatic rings. The van der Waals surface area contributed by atoms with Crippen molar-refractivity contribution in [3.8, 4) is 0 Å². The molecule has 0 aliphatic carbocycles. The Morgan fingerprint density at radius 2 is 2.13 bits per heavy atom. The topological polar surface area (TPSA) is 38.3 Å². The van der Waals surface area contributed by atoms with Crippen LogP contribution in [0.3, 0.4) is 0 Å². The molecule has 0 heterocycles. The first kappa shape index (κ1) is 11.7. The minimum Gasteiger partial charge on any atom is -0.360 e. The van der Waals surface area contributed by atoms with Gasteiger partial charge in [-0.1, -0.05) is 0 Å². The smallest absolute Gasteiger partial charge is 0.150 e. The second-order valence-corrected chi connectivity index (χ2v) is 3.09. The third-order valence-corrected chi connectivity index (χ3v) is 1.86. The summed E-state index contributed by atoms with van der Waals surface area (Å²) < 4.78 is 16.9. The number of carbonyl (C=O) groups is 1. The van der Waals surface area contributed by atoms with Crippen LogP contribution in [0, 0.1) is 0 Å². The van der Waals surface area contributed by atoms with Gasteiger partial charge in [0.25, 0.3) is 0 Å². The second kappa shape index (κ2) is 6.14. The summed E-state index contributed by atoms with van der Waals surface area (Å²) in [6, 6.07) is 6.96. The molecule has 4 heteroatoms. The lowest BCUT2D eigenvalue weighted by Crippen LogP contribution is -2.20. The van der Waals surface area contributed by atoms with E-state index in [0.717, 1.165) is 12.0 Å². The first-order valence-electron chi connectivity index (χ1n) is 4.75. The van der Waals surface area contributed by atoms with E-state index in [4.69, 9.17) is 4.74 Å². The predicted molar refractivity (Wildman–Crippen MR) is 56.8 cm³/mol. The van der Waals surface area contributed by atoms with E-state index in [0.29, 0.717) is 5.56 Å². The summed E-state index contributed by atoms with van der Waals surface area (Å²) >= 11 is 0. The molecule has 1 N–H and O–H groups in total. The number of benzene rings is 1. The monoisotopic (exact) mass is 211 g/mol. The molecule has 0 amide bonds. The molecule has 1 aromatic rings. The largest absolute Gasteiger partial charge is 0.360 e. The molecule has 3 nitrogen and oxygen atoms in total. The van der Waals surface area contributed by atoms with Crippen LogP contribution in [0.5, 0.6) is 0 Å². The summed E-state index contributed by atoms with van der Waals surface area (Å²) in [5, 5.41) is 3.02. The Morgan fingerprint density at radius 3 is 2.67 bits per heavy atom. The number of anilines is 1. The molecule has 1 unspecified atom stereocenters. The zero-order valence-electron chi connectivity index (χ0n) is 8.57. The van der Waals surface area contributed by atoms with Gasteiger partial charge >= 0.3 is 0 Å². The van der Waals surface area contributed by atoms with Crippen molar-refractivity contribution in [2.24, 2.45) is 0 Å². The number of ether oxygens (including phenoxy) is 1. The number of nitrogens with one attached hydrogen (secondary N) is 1. The molecule has 0 spiro atoms. The number of rotatable bonds is 6. The van der Waals surface area contributed by atoms with Crippen LogP contribution in [0.15, 0.2) is 24.3 Å². The molecule has 1 aromatic carbocycles. The lowest BCUT2D eigenvalue weighted by Gasteiger charge is -2.15. The van der Waals surface area contributed by atoms with Gasteiger partial charge in [0.1, 0.15) is 19.2 Å². The standard InChI is InChI=1S/C11H14FNO2/c1-9(15-7-6-12)13-11-4-2-10(8-14)3-5-11/h2-5,8-9,13H,6-7H2,1H3. The highest BCUT2D eigenvalue weighted by molar-refractivity contribution is 5.75. The van der Waals surface area contributed by atoms with Gasteiger partial charge in [-0.05, 0) is 31.2 Å². The zero-order chi connectivity index (χ0) is 11.1. The van der Waals surface area contributed by atoms with Crippen molar-refractivity contribution in [3.05, 3.63) is 29.8 Å². The van der Waals surface area contributed by atoms with Crippen LogP contribution in [0.4, 0.5) is 10.1 Å². The number of carbonyl (C=O) groups excluding carboxylic acids is 1. The molecule has 0 bridgehead atoms. The maximum absolute atomic E-state index is 11.8. The Morgan fingerprint density at radius 1 is 1.47 bits per heavy atom. The first-order valence-corrected chi connectivity index (χ1v) is 4.75. The highest BCUT2D eigenvalue weighted by atomic mass is 19.1. The third kappa shape index (κ3) is 4.08. The molecule has 0 aliphatic heterocycles. The van der Waals surface area contributed by atoms with Crippen molar-refractivity contribution in [2.75, 3.05) is 18.6 Å². The molecule has 0 saturated heterocycles. The Bertz CT molecular complexity index is 300. The number of aldehydes is 1. The minimum absolute atomic E-state index is 0.0839. The summed E-state index contributed by atoms with van der Waals surface area (Å²) in [5.41, 5.74) is 1.46. The van der Waals surface area contributed by atoms with Gasteiger partial charge in [-0.25, -0.2) is 4.39 Å². The average Bonchev–Trinajstić information content (AvgIpc) is 2.27. The summed E-state index contributed by atoms with van der Waals surface area (Å²) in [4.78, 5) is 10.4. The summed E-state index contributed by atoms with van der Waals surface area (Å²) in [6.45, 7) is 1.39. The fourth-order valence-electron chi connectivity index (χ4n) is 1.16. The van der Waals surface area contributed by atoms with E-state index in [1.54, 1.807) is 31.2 Å². The van der Waals surface area contributed by atoms with Gasteiger partial charge in [0.2, 0.25) is 0 Å². The Balaban J connectivity index is 2.45. The van der Waals surface area contributed by atoms with E-state index in [1.807, 2.05) is 0 Å². The highest BCUT2D eigenvalue weighted by Crippen LogP contribution is 2.09. The predicted octanol–water partition coefficient (Wildman–Crippen LogP) is 2.24. The van der Waals surface area contributed by atoms with E-state index in [2.05, 4.69) is 5.32 Å². The van der Waals surface area contributed by atoms with Crippen LogP contribution < -0.4 is 5.32 Å². The molecule has 1 atom stereocenters. The van der Waals surface area contributed by atoms with Gasteiger partial charge in [0.05, 0.1) is 6.61 Å². The molecule has 82 valence electrons. The van der Waals surface area contributed by atoms with Crippen molar-refractivity contribution in [1.82, 2.24) is 0 Å². The van der Waals surface area contributed by atoms with E-state index in [9.17, 15) is 9.18 Å². The SMILES string of the molecule is CC(Nc1ccc(C=O)cc1)OCCF. The van der Waals surface area contributed by atoms with Gasteiger partial charge in [-0.2, -0.15) is 0 Å². The summed E-state index contributed by atoms with van der Waals surface area (Å²) in [6.07, 6.45) is 0.537. The van der Waals surface area contributed by atoms with E-state index < -0.39 is 6.67 Å². The fourth-order valence-corrected chi connectivity index (χ4v) is 1.16. The normalized spacial score (nSPS) is 12.1. The second-order valence-electron chi connectivity index (χ2n) is 3.09. The Kier molecular flexibility index (Phi) is 4.77. The third-order valence-electron chi connectivity index (χ3n) is 1.86. The van der Waals surface area contributed by atoms with Crippen molar-refractivity contribution >= 4 is 12.0 Å². The molecular weight excluding hydrogens is 197 g/mol. The quantitative estimate of drug-likeness (QED) is 0.579. The molecule has 0 radical (unpaired) electrons. The number of halogens is 1. The van der Waals surface area contributed by atoms with E-state index in [1.165, 1.54) is 0 Å². The molecule has 15 heavy (non-hydrogen) atoms. The van der Waals surface area contributed by atoms with Gasteiger partial charge < -0.3 is 10.1 Å². The average molecular weight is 211 g/mol. The maximum Gasteiger partial charge on any atom is 0.150 e. The van der Waals surface area contributed by atoms with Gasteiger partial charge in [0, 0.05) is 11.3 Å². The van der Waals surface area contributed by atoms with Crippen molar-refractivity contribution in [3.63, 3.8) is 0 Å². The first-order chi connectivity index (χ1) is 7.26. The van der Waals surface area contributed by atoms with E-state index in [-0.39, 0.29) is 12.8 Å². The fraction of sp³-hybridized carbons (Fsp3) is 0.364. The van der Waals surface area contributed by atoms with E-state index >= 15 is 0 Å². The molecular formula is C11H14FNO2. The molecule has 0 aromatic heterocycles. The van der Waals surface area contributed by atoms with Crippen LogP contribution in [0.25, 0.3) is 0 Å². The van der Waals surface area contributed by atoms with Crippen LogP contribution in [0.2, 0.25) is 0 Å². The lowest BCUT2D eigenvalue weighted by atomic mass is 10.2. The van der Waals surface area contributed by atoms with Crippen molar-refractivity contribution in [1.29, 1.82) is 0 Å². The highest BCUT2D eigenvalue weighted by Gasteiger charge is 2.01.